The van der Waals surface area contributed by atoms with Gasteiger partial charge in [0, 0.05) is 6.07 Å². The van der Waals surface area contributed by atoms with Crippen LogP contribution in [-0.2, 0) is 0 Å². The Bertz CT molecular complexity index is 1750. The molecule has 0 aliphatic carbocycles. The molecule has 0 fully saturated rings. The largest absolute Gasteiger partial charge is 0.294 e. The minimum atomic E-state index is -0.662. The molecule has 0 spiro atoms. The van der Waals surface area contributed by atoms with E-state index in [1.807, 2.05) is 6.07 Å². The van der Waals surface area contributed by atoms with Crippen molar-refractivity contribution in [2.24, 2.45) is 0 Å². The molecule has 38 heavy (non-hydrogen) atoms. The van der Waals surface area contributed by atoms with Gasteiger partial charge in [0.05, 0.1) is 56.4 Å². The third kappa shape index (κ3) is 3.81. The Morgan fingerprint density at radius 3 is 1.66 bits per heavy atom. The Balaban J connectivity index is 1.82. The van der Waals surface area contributed by atoms with Crippen LogP contribution in [0.4, 0.5) is 28.4 Å². The molecule has 9 heteroatoms. The van der Waals surface area contributed by atoms with Gasteiger partial charge in [0.1, 0.15) is 5.69 Å². The van der Waals surface area contributed by atoms with Crippen molar-refractivity contribution >= 4 is 40.3 Å². The fourth-order valence-electron chi connectivity index (χ4n) is 4.54. The van der Waals surface area contributed by atoms with Crippen LogP contribution < -0.4 is 9.80 Å². The maximum atomic E-state index is 14.2. The van der Waals surface area contributed by atoms with Crippen LogP contribution in [0.25, 0.3) is 0 Å². The van der Waals surface area contributed by atoms with Gasteiger partial charge in [-0.15, -0.1) is 0 Å². The minimum Gasteiger partial charge on any atom is -0.276 e. The molecule has 182 valence electrons. The Labute approximate surface area is 217 Å². The summed E-state index contributed by atoms with van der Waals surface area (Å²) in [4.78, 5) is 42.3. The first-order valence-electron chi connectivity index (χ1n) is 11.4. The van der Waals surface area contributed by atoms with Gasteiger partial charge in [-0.2, -0.15) is 10.5 Å². The second-order valence-corrected chi connectivity index (χ2v) is 8.50. The van der Waals surface area contributed by atoms with Gasteiger partial charge in [-0.1, -0.05) is 24.3 Å². The molecule has 9 nitrogen and oxygen atoms in total. The maximum Gasteiger partial charge on any atom is 0.294 e. The van der Waals surface area contributed by atoms with Crippen LogP contribution in [0.5, 0.6) is 0 Å². The first-order valence-corrected chi connectivity index (χ1v) is 11.4. The second kappa shape index (κ2) is 9.34. The standard InChI is InChI=1S/C29H17N5O4/c1-18-14-19(16-30)10-12-23(18)32-24-8-4-2-6-21(24)29(36)33(25-9-5-3-7-22(25)28(32)35)26-13-11-20(17-31)15-27(26)34(37)38/h2-15H,1H3. The summed E-state index contributed by atoms with van der Waals surface area (Å²) in [6, 6.07) is 25.6. The molecular weight excluding hydrogens is 482 g/mol. The van der Waals surface area contributed by atoms with Crippen molar-refractivity contribution in [3.63, 3.8) is 0 Å². The third-order valence-electron chi connectivity index (χ3n) is 6.27. The van der Waals surface area contributed by atoms with Crippen LogP contribution in [0.1, 0.15) is 37.4 Å². The molecule has 1 aliphatic heterocycles. The topological polar surface area (TPSA) is 131 Å². The monoisotopic (exact) mass is 499 g/mol. The van der Waals surface area contributed by atoms with Crippen LogP contribution >= 0.6 is 0 Å². The minimum absolute atomic E-state index is 0.0622. The predicted molar refractivity (Wildman–Crippen MR) is 140 cm³/mol. The molecule has 0 saturated carbocycles. The zero-order valence-corrected chi connectivity index (χ0v) is 20.0. The van der Waals surface area contributed by atoms with Gasteiger partial charge in [-0.05, 0) is 67.1 Å². The summed E-state index contributed by atoms with van der Waals surface area (Å²) in [6.07, 6.45) is 0. The number of aryl methyl sites for hydroxylation is 1. The highest BCUT2D eigenvalue weighted by molar-refractivity contribution is 6.25. The van der Waals surface area contributed by atoms with Crippen molar-refractivity contribution in [3.8, 4) is 12.1 Å². The number of nitrogens with zero attached hydrogens (tertiary/aromatic N) is 5. The normalized spacial score (nSPS) is 12.5. The number of carbonyl (C=O) groups is 2. The van der Waals surface area contributed by atoms with Crippen molar-refractivity contribution in [2.45, 2.75) is 6.92 Å². The number of nitriles is 2. The maximum absolute atomic E-state index is 14.2. The fraction of sp³-hybridized carbons (Fsp3) is 0.0345. The molecule has 5 rings (SSSR count). The molecule has 0 unspecified atom stereocenters. The number of para-hydroxylation sites is 2. The Kier molecular flexibility index (Phi) is 5.88. The van der Waals surface area contributed by atoms with E-state index in [2.05, 4.69) is 6.07 Å². The summed E-state index contributed by atoms with van der Waals surface area (Å²) in [5.74, 6) is -1.06. The molecule has 0 N–H and O–H groups in total. The van der Waals surface area contributed by atoms with Gasteiger partial charge in [-0.25, -0.2) is 0 Å². The molecule has 4 aromatic carbocycles. The number of benzene rings is 4. The number of hydrogen-bond acceptors (Lipinski definition) is 6. The first kappa shape index (κ1) is 23.9. The van der Waals surface area contributed by atoms with E-state index in [0.717, 1.165) is 11.0 Å². The van der Waals surface area contributed by atoms with E-state index in [-0.39, 0.29) is 33.8 Å². The summed E-state index contributed by atoms with van der Waals surface area (Å²) >= 11 is 0. The number of carbonyl (C=O) groups excluding carboxylic acids is 2. The van der Waals surface area contributed by atoms with E-state index in [9.17, 15) is 30.2 Å². The quantitative estimate of drug-likeness (QED) is 0.254. The fourth-order valence-corrected chi connectivity index (χ4v) is 4.54. The molecule has 0 saturated heterocycles. The Morgan fingerprint density at radius 2 is 1.16 bits per heavy atom. The van der Waals surface area contributed by atoms with Gasteiger partial charge >= 0.3 is 0 Å². The number of rotatable bonds is 3. The third-order valence-corrected chi connectivity index (χ3v) is 6.27. The van der Waals surface area contributed by atoms with E-state index in [0.29, 0.717) is 16.8 Å². The highest BCUT2D eigenvalue weighted by Gasteiger charge is 2.37. The van der Waals surface area contributed by atoms with E-state index in [4.69, 9.17) is 0 Å². The lowest BCUT2D eigenvalue weighted by atomic mass is 10.00. The molecule has 1 heterocycles. The van der Waals surface area contributed by atoms with E-state index in [1.54, 1.807) is 73.7 Å². The average Bonchev–Trinajstić information content (AvgIpc) is 2.94. The number of amides is 2. The lowest BCUT2D eigenvalue weighted by Crippen LogP contribution is -2.36. The Morgan fingerprint density at radius 1 is 0.684 bits per heavy atom. The lowest BCUT2D eigenvalue weighted by Gasteiger charge is -2.33. The van der Waals surface area contributed by atoms with Crippen molar-refractivity contribution in [1.29, 1.82) is 10.5 Å². The molecule has 4 aromatic rings. The zero-order chi connectivity index (χ0) is 27.0. The van der Waals surface area contributed by atoms with Crippen molar-refractivity contribution in [2.75, 3.05) is 9.80 Å². The summed E-state index contributed by atoms with van der Waals surface area (Å²) in [5, 5.41) is 30.6. The van der Waals surface area contributed by atoms with E-state index < -0.39 is 22.4 Å². The van der Waals surface area contributed by atoms with Gasteiger partial charge < -0.3 is 0 Å². The van der Waals surface area contributed by atoms with Crippen LogP contribution in [0.2, 0.25) is 0 Å². The average molecular weight is 499 g/mol. The second-order valence-electron chi connectivity index (χ2n) is 8.50. The van der Waals surface area contributed by atoms with Crippen LogP contribution in [0.3, 0.4) is 0 Å². The number of hydrogen-bond donors (Lipinski definition) is 0. The van der Waals surface area contributed by atoms with Crippen LogP contribution in [0.15, 0.2) is 84.9 Å². The molecule has 1 aliphatic rings. The van der Waals surface area contributed by atoms with E-state index >= 15 is 0 Å². The van der Waals surface area contributed by atoms with Crippen molar-refractivity contribution in [3.05, 3.63) is 123 Å². The molecule has 0 bridgehead atoms. The number of fused-ring (bicyclic) bond motifs is 2. The van der Waals surface area contributed by atoms with Crippen LogP contribution in [0, 0.1) is 39.7 Å². The van der Waals surface area contributed by atoms with Gasteiger partial charge in [0.15, 0.2) is 0 Å². The van der Waals surface area contributed by atoms with Crippen molar-refractivity contribution < 1.29 is 14.5 Å². The van der Waals surface area contributed by atoms with Gasteiger partial charge in [-0.3, -0.25) is 29.5 Å². The highest BCUT2D eigenvalue weighted by atomic mass is 16.6. The molecule has 2 amide bonds. The molecule has 0 aromatic heterocycles. The number of nitro groups is 1. The zero-order valence-electron chi connectivity index (χ0n) is 20.0. The van der Waals surface area contributed by atoms with Crippen molar-refractivity contribution in [1.82, 2.24) is 0 Å². The summed E-state index contributed by atoms with van der Waals surface area (Å²) < 4.78 is 0. The number of anilines is 4. The smallest absolute Gasteiger partial charge is 0.276 e. The molecule has 0 atom stereocenters. The first-order chi connectivity index (χ1) is 18.3. The predicted octanol–water partition coefficient (Wildman–Crippen LogP) is 5.92. The molecule has 0 radical (unpaired) electrons. The Hall–Kier alpha value is -5.80. The highest BCUT2D eigenvalue weighted by Crippen LogP contribution is 2.43. The summed E-state index contributed by atoms with van der Waals surface area (Å²) in [5.41, 5.74) is 1.82. The molecular formula is C29H17N5O4. The number of nitro benzene ring substituents is 1. The summed E-state index contributed by atoms with van der Waals surface area (Å²) in [6.45, 7) is 1.77. The SMILES string of the molecule is Cc1cc(C#N)ccc1N1C(=O)c2ccccc2N(c2ccc(C#N)cc2[N+](=O)[O-])C(=O)c2ccccc21. The van der Waals surface area contributed by atoms with Gasteiger partial charge in [0.2, 0.25) is 0 Å². The lowest BCUT2D eigenvalue weighted by molar-refractivity contribution is -0.384. The van der Waals surface area contributed by atoms with Crippen LogP contribution in [-0.4, -0.2) is 16.7 Å². The summed E-state index contributed by atoms with van der Waals surface area (Å²) in [7, 11) is 0. The van der Waals surface area contributed by atoms with E-state index in [1.165, 1.54) is 17.0 Å². The van der Waals surface area contributed by atoms with Gasteiger partial charge in [0.25, 0.3) is 17.5 Å².